The zero-order valence-electron chi connectivity index (χ0n) is 13.0. The largest absolute Gasteiger partial charge is 0.466 e. The summed E-state index contributed by atoms with van der Waals surface area (Å²) < 4.78 is 10.5. The number of methoxy groups -OCH3 is 1. The molecule has 20 heavy (non-hydrogen) atoms. The quantitative estimate of drug-likeness (QED) is 0.523. The fourth-order valence-corrected chi connectivity index (χ4v) is 2.86. The molecule has 0 aromatic heterocycles. The molecule has 1 saturated carbocycles. The van der Waals surface area contributed by atoms with Gasteiger partial charge < -0.3 is 14.6 Å². The van der Waals surface area contributed by atoms with Gasteiger partial charge in [-0.25, -0.2) is 0 Å². The summed E-state index contributed by atoms with van der Waals surface area (Å²) in [6.07, 6.45) is 8.12. The molecule has 3 unspecified atom stereocenters. The van der Waals surface area contributed by atoms with E-state index in [0.717, 1.165) is 51.4 Å². The normalized spacial score (nSPS) is 26.4. The summed E-state index contributed by atoms with van der Waals surface area (Å²) in [5.74, 6) is 0.523. The van der Waals surface area contributed by atoms with E-state index in [0.29, 0.717) is 18.9 Å². The zero-order chi connectivity index (χ0) is 14.8. The first-order valence-corrected chi connectivity index (χ1v) is 8.03. The van der Waals surface area contributed by atoms with Gasteiger partial charge in [0.25, 0.3) is 0 Å². The first-order chi connectivity index (χ1) is 9.67. The predicted octanol–water partition coefficient (Wildman–Crippen LogP) is 3.07. The number of aliphatic hydroxyl groups excluding tert-OH is 1. The summed E-state index contributed by atoms with van der Waals surface area (Å²) in [4.78, 5) is 11.4. The van der Waals surface area contributed by atoms with Gasteiger partial charge in [0.2, 0.25) is 0 Å². The van der Waals surface area contributed by atoms with Gasteiger partial charge in [-0.2, -0.15) is 0 Å². The molecule has 0 bridgehead atoms. The van der Waals surface area contributed by atoms with E-state index in [1.54, 1.807) is 7.11 Å². The molecule has 118 valence electrons. The highest BCUT2D eigenvalue weighted by Gasteiger charge is 2.28. The summed E-state index contributed by atoms with van der Waals surface area (Å²) in [5, 5.41) is 9.74. The van der Waals surface area contributed by atoms with Crippen LogP contribution in [0.3, 0.4) is 0 Å². The van der Waals surface area contributed by atoms with Gasteiger partial charge in [0.15, 0.2) is 0 Å². The standard InChI is InChI=1S/C16H30O4/c1-3-4-5-8-16(18)20-11-6-7-13-9-10-14(17)15(12-13)19-2/h13-15,17H,3-12H2,1-2H3. The zero-order valence-corrected chi connectivity index (χ0v) is 13.0. The number of aliphatic hydroxyl groups is 1. The van der Waals surface area contributed by atoms with Crippen LogP contribution in [0.15, 0.2) is 0 Å². The van der Waals surface area contributed by atoms with Gasteiger partial charge in [-0.3, -0.25) is 4.79 Å². The van der Waals surface area contributed by atoms with Gasteiger partial charge in [-0.1, -0.05) is 19.8 Å². The molecule has 0 amide bonds. The molecular formula is C16H30O4. The van der Waals surface area contributed by atoms with Crippen molar-refractivity contribution in [2.45, 2.75) is 76.9 Å². The third kappa shape index (κ3) is 6.71. The fourth-order valence-electron chi connectivity index (χ4n) is 2.86. The van der Waals surface area contributed by atoms with Gasteiger partial charge in [0.05, 0.1) is 18.8 Å². The lowest BCUT2D eigenvalue weighted by Gasteiger charge is -2.32. The number of carbonyl (C=O) groups is 1. The van der Waals surface area contributed by atoms with E-state index < -0.39 is 0 Å². The number of esters is 1. The van der Waals surface area contributed by atoms with E-state index >= 15 is 0 Å². The maximum absolute atomic E-state index is 11.4. The molecule has 0 radical (unpaired) electrons. The Morgan fingerprint density at radius 1 is 1.25 bits per heavy atom. The topological polar surface area (TPSA) is 55.8 Å². The van der Waals surface area contributed by atoms with Crippen molar-refractivity contribution in [2.75, 3.05) is 13.7 Å². The van der Waals surface area contributed by atoms with Gasteiger partial charge in [0, 0.05) is 13.5 Å². The van der Waals surface area contributed by atoms with Crippen LogP contribution in [0.5, 0.6) is 0 Å². The first-order valence-electron chi connectivity index (χ1n) is 8.03. The minimum Gasteiger partial charge on any atom is -0.466 e. The van der Waals surface area contributed by atoms with Crippen molar-refractivity contribution in [3.63, 3.8) is 0 Å². The van der Waals surface area contributed by atoms with Gasteiger partial charge in [-0.05, 0) is 44.4 Å². The molecular weight excluding hydrogens is 256 g/mol. The highest BCUT2D eigenvalue weighted by Crippen LogP contribution is 2.29. The van der Waals surface area contributed by atoms with Gasteiger partial charge >= 0.3 is 5.97 Å². The molecule has 1 fully saturated rings. The van der Waals surface area contributed by atoms with Crippen LogP contribution in [-0.2, 0) is 14.3 Å². The second kappa shape index (κ2) is 10.2. The van der Waals surface area contributed by atoms with Crippen molar-refractivity contribution < 1.29 is 19.4 Å². The molecule has 0 aliphatic heterocycles. The van der Waals surface area contributed by atoms with Crippen molar-refractivity contribution >= 4 is 5.97 Å². The smallest absolute Gasteiger partial charge is 0.305 e. The Balaban J connectivity index is 2.05. The highest BCUT2D eigenvalue weighted by atomic mass is 16.5. The van der Waals surface area contributed by atoms with Gasteiger partial charge in [-0.15, -0.1) is 0 Å². The van der Waals surface area contributed by atoms with E-state index in [9.17, 15) is 9.90 Å². The molecule has 3 atom stereocenters. The van der Waals surface area contributed by atoms with Crippen LogP contribution in [0, 0.1) is 5.92 Å². The monoisotopic (exact) mass is 286 g/mol. The van der Waals surface area contributed by atoms with Crippen molar-refractivity contribution in [2.24, 2.45) is 5.92 Å². The third-order valence-electron chi connectivity index (χ3n) is 4.17. The van der Waals surface area contributed by atoms with Crippen LogP contribution in [0.4, 0.5) is 0 Å². The number of unbranched alkanes of at least 4 members (excludes halogenated alkanes) is 2. The average Bonchev–Trinajstić information content (AvgIpc) is 2.45. The van der Waals surface area contributed by atoms with E-state index in [-0.39, 0.29) is 18.2 Å². The molecule has 1 aliphatic carbocycles. The lowest BCUT2D eigenvalue weighted by molar-refractivity contribution is -0.144. The maximum atomic E-state index is 11.4. The van der Waals surface area contributed by atoms with Crippen LogP contribution in [0.1, 0.15) is 64.7 Å². The van der Waals surface area contributed by atoms with E-state index in [2.05, 4.69) is 6.92 Å². The summed E-state index contributed by atoms with van der Waals surface area (Å²) in [6, 6.07) is 0. The summed E-state index contributed by atoms with van der Waals surface area (Å²) in [7, 11) is 1.66. The Kier molecular flexibility index (Phi) is 8.86. The van der Waals surface area contributed by atoms with Crippen molar-refractivity contribution in [1.82, 2.24) is 0 Å². The third-order valence-corrected chi connectivity index (χ3v) is 4.17. The molecule has 0 aromatic carbocycles. The molecule has 1 aliphatic rings. The van der Waals surface area contributed by atoms with Crippen LogP contribution < -0.4 is 0 Å². The molecule has 0 spiro atoms. The summed E-state index contributed by atoms with van der Waals surface area (Å²) in [5.41, 5.74) is 0. The Morgan fingerprint density at radius 2 is 2.05 bits per heavy atom. The molecule has 0 saturated heterocycles. The molecule has 1 N–H and O–H groups in total. The SMILES string of the molecule is CCCCCC(=O)OCCCC1CCC(O)C(OC)C1. The average molecular weight is 286 g/mol. The molecule has 0 aromatic rings. The predicted molar refractivity (Wildman–Crippen MR) is 78.5 cm³/mol. The molecule has 4 nitrogen and oxygen atoms in total. The fraction of sp³-hybridized carbons (Fsp3) is 0.938. The summed E-state index contributed by atoms with van der Waals surface area (Å²) in [6.45, 7) is 2.65. The van der Waals surface area contributed by atoms with Crippen LogP contribution in [-0.4, -0.2) is 37.0 Å². The van der Waals surface area contributed by atoms with E-state index in [1.165, 1.54) is 0 Å². The maximum Gasteiger partial charge on any atom is 0.305 e. The number of hydrogen-bond acceptors (Lipinski definition) is 4. The molecule has 1 rings (SSSR count). The second-order valence-electron chi connectivity index (χ2n) is 5.84. The number of ether oxygens (including phenoxy) is 2. The van der Waals surface area contributed by atoms with Crippen LogP contribution in [0.2, 0.25) is 0 Å². The lowest BCUT2D eigenvalue weighted by atomic mass is 9.83. The van der Waals surface area contributed by atoms with Crippen LogP contribution in [0.25, 0.3) is 0 Å². The van der Waals surface area contributed by atoms with Crippen molar-refractivity contribution in [3.8, 4) is 0 Å². The Morgan fingerprint density at radius 3 is 2.75 bits per heavy atom. The minimum atomic E-state index is -0.312. The number of hydrogen-bond donors (Lipinski definition) is 1. The van der Waals surface area contributed by atoms with Crippen LogP contribution >= 0.6 is 0 Å². The minimum absolute atomic E-state index is 0.0228. The Labute approximate surface area is 122 Å². The van der Waals surface area contributed by atoms with E-state index in [1.807, 2.05) is 0 Å². The van der Waals surface area contributed by atoms with Crippen molar-refractivity contribution in [1.29, 1.82) is 0 Å². The Hall–Kier alpha value is -0.610. The molecule has 4 heteroatoms. The number of rotatable bonds is 9. The highest BCUT2D eigenvalue weighted by molar-refractivity contribution is 5.69. The number of carbonyl (C=O) groups excluding carboxylic acids is 1. The second-order valence-corrected chi connectivity index (χ2v) is 5.84. The van der Waals surface area contributed by atoms with Gasteiger partial charge in [0.1, 0.15) is 0 Å². The van der Waals surface area contributed by atoms with E-state index in [4.69, 9.17) is 9.47 Å². The van der Waals surface area contributed by atoms with Crippen molar-refractivity contribution in [3.05, 3.63) is 0 Å². The Bertz CT molecular complexity index is 267. The summed E-state index contributed by atoms with van der Waals surface area (Å²) >= 11 is 0. The molecule has 0 heterocycles. The lowest BCUT2D eigenvalue weighted by Crippen LogP contribution is -2.35. The first kappa shape index (κ1) is 17.4.